The van der Waals surface area contributed by atoms with Crippen LogP contribution in [-0.2, 0) is 19.5 Å². The lowest BCUT2D eigenvalue weighted by Crippen LogP contribution is -2.33. The maximum Gasteiger partial charge on any atom is 0.289 e. The number of likely N-dealkylation sites (tertiary alicyclic amines) is 1. The monoisotopic (exact) mass is 338 g/mol. The Morgan fingerprint density at radius 3 is 2.88 bits per heavy atom. The van der Waals surface area contributed by atoms with Crippen molar-refractivity contribution in [3.05, 3.63) is 41.7 Å². The lowest BCUT2D eigenvalue weighted by atomic mass is 9.89. The van der Waals surface area contributed by atoms with Crippen molar-refractivity contribution >= 4 is 5.91 Å². The van der Waals surface area contributed by atoms with Crippen LogP contribution in [0.3, 0.4) is 0 Å². The van der Waals surface area contributed by atoms with Gasteiger partial charge in [-0.2, -0.15) is 0 Å². The molecule has 1 aliphatic carbocycles. The van der Waals surface area contributed by atoms with E-state index in [2.05, 4.69) is 31.5 Å². The maximum absolute atomic E-state index is 12.4. The Balaban J connectivity index is 1.28. The molecule has 1 N–H and O–H groups in total. The Bertz CT molecular complexity index is 784. The largest absolute Gasteiger partial charge is 0.347 e. The van der Waals surface area contributed by atoms with E-state index in [9.17, 15) is 4.79 Å². The van der Waals surface area contributed by atoms with Crippen LogP contribution >= 0.6 is 0 Å². The topological polar surface area (TPSA) is 75.9 Å². The fraction of sp³-hybridized carbons (Fsp3) is 0.556. The van der Waals surface area contributed by atoms with Gasteiger partial charge < -0.3 is 9.88 Å². The molecule has 1 saturated carbocycles. The third-order valence-electron chi connectivity index (χ3n) is 5.59. The number of rotatable bonds is 4. The number of fused-ring (bicyclic) bond motifs is 2. The number of amides is 1. The van der Waals surface area contributed by atoms with Gasteiger partial charge >= 0.3 is 0 Å². The summed E-state index contributed by atoms with van der Waals surface area (Å²) in [5, 5.41) is 11.5. The zero-order chi connectivity index (χ0) is 16.8. The summed E-state index contributed by atoms with van der Waals surface area (Å²) in [6.07, 6.45) is 6.84. The van der Waals surface area contributed by atoms with Crippen LogP contribution in [0.2, 0.25) is 0 Å². The van der Waals surface area contributed by atoms with E-state index in [1.54, 1.807) is 0 Å². The van der Waals surface area contributed by atoms with Gasteiger partial charge in [-0.15, -0.1) is 10.2 Å². The average molecular weight is 338 g/mol. The molecule has 0 aromatic carbocycles. The first kappa shape index (κ1) is 15.0. The van der Waals surface area contributed by atoms with Crippen LogP contribution in [0.1, 0.15) is 34.8 Å². The minimum atomic E-state index is -0.0649. The normalized spacial score (nSPS) is 25.4. The van der Waals surface area contributed by atoms with Crippen LogP contribution in [-0.4, -0.2) is 49.7 Å². The minimum Gasteiger partial charge on any atom is -0.347 e. The second-order valence-corrected chi connectivity index (χ2v) is 7.58. The van der Waals surface area contributed by atoms with Gasteiger partial charge in [0.25, 0.3) is 5.91 Å². The molecule has 4 heterocycles. The fourth-order valence-corrected chi connectivity index (χ4v) is 4.15. The zero-order valence-electron chi connectivity index (χ0n) is 14.1. The summed E-state index contributed by atoms with van der Waals surface area (Å²) < 4.78 is 2.05. The Kier molecular flexibility index (Phi) is 3.55. The van der Waals surface area contributed by atoms with Gasteiger partial charge in [0, 0.05) is 51.0 Å². The number of hydrogen-bond acceptors (Lipinski definition) is 5. The van der Waals surface area contributed by atoms with Gasteiger partial charge in [0.2, 0.25) is 5.82 Å². The van der Waals surface area contributed by atoms with Gasteiger partial charge in [-0.05, 0) is 36.3 Å². The van der Waals surface area contributed by atoms with Crippen LogP contribution < -0.4 is 5.32 Å². The van der Waals surface area contributed by atoms with Crippen molar-refractivity contribution in [3.8, 4) is 0 Å². The second-order valence-electron chi connectivity index (χ2n) is 7.58. The molecular weight excluding hydrogens is 316 g/mol. The van der Waals surface area contributed by atoms with E-state index in [1.807, 2.05) is 23.0 Å². The zero-order valence-corrected chi connectivity index (χ0v) is 14.1. The highest BCUT2D eigenvalue weighted by molar-refractivity contribution is 5.91. The lowest BCUT2D eigenvalue weighted by molar-refractivity contribution is 0.0932. The summed E-state index contributed by atoms with van der Waals surface area (Å²) in [6.45, 7) is 3.93. The molecular formula is C18H22N6O. The number of carbonyl (C=O) groups excluding carboxylic acids is 1. The van der Waals surface area contributed by atoms with Crippen molar-refractivity contribution in [3.63, 3.8) is 0 Å². The predicted molar refractivity (Wildman–Crippen MR) is 90.7 cm³/mol. The number of pyridine rings is 1. The molecule has 7 heteroatoms. The molecule has 1 saturated heterocycles. The first-order valence-electron chi connectivity index (χ1n) is 9.10. The van der Waals surface area contributed by atoms with Gasteiger partial charge in [0.15, 0.2) is 0 Å². The molecule has 1 amide bonds. The molecule has 0 spiro atoms. The average Bonchev–Trinajstić information content (AvgIpc) is 3.19. The minimum absolute atomic E-state index is 0.0649. The number of aromatic nitrogens is 4. The van der Waals surface area contributed by atoms with Gasteiger partial charge in [-0.3, -0.25) is 14.7 Å². The molecule has 3 aliphatic rings. The van der Waals surface area contributed by atoms with E-state index in [-0.39, 0.29) is 5.91 Å². The number of nitrogens with zero attached hydrogens (tertiary/aromatic N) is 5. The van der Waals surface area contributed by atoms with E-state index >= 15 is 0 Å². The highest BCUT2D eigenvalue weighted by Crippen LogP contribution is 2.33. The van der Waals surface area contributed by atoms with Gasteiger partial charge in [0.05, 0.1) is 0 Å². The standard InChI is InChI=1S/C18H22N6O/c25-18(20-15-3-4-15)17-22-21-16-6-13-9-23(10-14(13)11-24(16)17)8-12-2-1-5-19-7-12/h1-2,5,7,13-15H,3-4,6,8-11H2,(H,20,25). The molecule has 2 fully saturated rings. The lowest BCUT2D eigenvalue weighted by Gasteiger charge is -2.25. The first-order valence-corrected chi connectivity index (χ1v) is 9.10. The highest BCUT2D eigenvalue weighted by Gasteiger charge is 2.39. The molecule has 7 nitrogen and oxygen atoms in total. The number of carbonyl (C=O) groups is 1. The third kappa shape index (κ3) is 2.93. The van der Waals surface area contributed by atoms with E-state index in [0.29, 0.717) is 23.7 Å². The molecule has 130 valence electrons. The summed E-state index contributed by atoms with van der Waals surface area (Å²) in [5.74, 6) is 2.56. The van der Waals surface area contributed by atoms with Crippen molar-refractivity contribution in [2.24, 2.45) is 11.8 Å². The summed E-state index contributed by atoms with van der Waals surface area (Å²) in [4.78, 5) is 19.1. The van der Waals surface area contributed by atoms with Gasteiger partial charge in [-0.25, -0.2) is 0 Å². The molecule has 0 radical (unpaired) electrons. The van der Waals surface area contributed by atoms with Crippen molar-refractivity contribution in [2.75, 3.05) is 13.1 Å². The predicted octanol–water partition coefficient (Wildman–Crippen LogP) is 0.870. The summed E-state index contributed by atoms with van der Waals surface area (Å²) >= 11 is 0. The molecule has 2 atom stereocenters. The van der Waals surface area contributed by atoms with E-state index in [0.717, 1.165) is 51.3 Å². The van der Waals surface area contributed by atoms with E-state index in [1.165, 1.54) is 5.56 Å². The van der Waals surface area contributed by atoms with Crippen LogP contribution in [0.25, 0.3) is 0 Å². The molecule has 2 aliphatic heterocycles. The Morgan fingerprint density at radius 1 is 1.20 bits per heavy atom. The quantitative estimate of drug-likeness (QED) is 0.895. The van der Waals surface area contributed by atoms with Crippen LogP contribution in [0.5, 0.6) is 0 Å². The highest BCUT2D eigenvalue weighted by atomic mass is 16.2. The van der Waals surface area contributed by atoms with Crippen molar-refractivity contribution in [1.29, 1.82) is 0 Å². The molecule has 2 aromatic rings. The summed E-state index contributed by atoms with van der Waals surface area (Å²) in [5.41, 5.74) is 1.25. The summed E-state index contributed by atoms with van der Waals surface area (Å²) in [7, 11) is 0. The molecule has 2 unspecified atom stereocenters. The molecule has 25 heavy (non-hydrogen) atoms. The maximum atomic E-state index is 12.4. The van der Waals surface area contributed by atoms with Crippen molar-refractivity contribution in [1.82, 2.24) is 30.0 Å². The number of nitrogens with one attached hydrogen (secondary N) is 1. The second kappa shape index (κ2) is 5.91. The van der Waals surface area contributed by atoms with Crippen LogP contribution in [0.15, 0.2) is 24.5 Å². The Morgan fingerprint density at radius 2 is 2.08 bits per heavy atom. The van der Waals surface area contributed by atoms with Crippen molar-refractivity contribution in [2.45, 2.75) is 38.4 Å². The van der Waals surface area contributed by atoms with Gasteiger partial charge in [-0.1, -0.05) is 6.07 Å². The third-order valence-corrected chi connectivity index (χ3v) is 5.59. The first-order chi connectivity index (χ1) is 12.3. The van der Waals surface area contributed by atoms with Crippen molar-refractivity contribution < 1.29 is 4.79 Å². The SMILES string of the molecule is O=C(NC1CC1)c1nnc2n1CC1CN(Cc3cccnc3)CC1C2. The van der Waals surface area contributed by atoms with E-state index < -0.39 is 0 Å². The molecule has 2 aromatic heterocycles. The Labute approximate surface area is 146 Å². The fourth-order valence-electron chi connectivity index (χ4n) is 4.15. The smallest absolute Gasteiger partial charge is 0.289 e. The molecule has 0 bridgehead atoms. The molecule has 5 rings (SSSR count). The van der Waals surface area contributed by atoms with Crippen LogP contribution in [0.4, 0.5) is 0 Å². The van der Waals surface area contributed by atoms with Crippen LogP contribution in [0, 0.1) is 11.8 Å². The summed E-state index contributed by atoms with van der Waals surface area (Å²) in [6, 6.07) is 4.47. The van der Waals surface area contributed by atoms with E-state index in [4.69, 9.17) is 0 Å². The number of hydrogen-bond donors (Lipinski definition) is 1. The Hall–Kier alpha value is -2.28. The van der Waals surface area contributed by atoms with Gasteiger partial charge in [0.1, 0.15) is 5.82 Å².